The van der Waals surface area contributed by atoms with Gasteiger partial charge in [-0.25, -0.2) is 8.42 Å². The van der Waals surface area contributed by atoms with Crippen molar-refractivity contribution in [1.29, 1.82) is 0 Å². The van der Waals surface area contributed by atoms with Gasteiger partial charge in [-0.05, 0) is 25.0 Å². The largest absolute Gasteiger partial charge is 0.369 e. The maximum atomic E-state index is 12.5. The highest BCUT2D eigenvalue weighted by molar-refractivity contribution is 7.89. The van der Waals surface area contributed by atoms with E-state index in [1.807, 2.05) is 0 Å². The van der Waals surface area contributed by atoms with E-state index in [0.717, 1.165) is 0 Å². The third-order valence-corrected chi connectivity index (χ3v) is 6.23. The summed E-state index contributed by atoms with van der Waals surface area (Å²) in [5, 5.41) is 0.184. The second kappa shape index (κ2) is 5.89. The molecule has 0 aromatic heterocycles. The Hall–Kier alpha value is -0.820. The fourth-order valence-corrected chi connectivity index (χ4v) is 4.80. The van der Waals surface area contributed by atoms with Crippen LogP contribution in [0.4, 0.5) is 0 Å². The molecule has 2 rings (SSSR count). The highest BCUT2D eigenvalue weighted by Gasteiger charge is 2.33. The maximum absolute atomic E-state index is 12.5. The van der Waals surface area contributed by atoms with Crippen LogP contribution in [0.1, 0.15) is 12.8 Å². The van der Waals surface area contributed by atoms with Gasteiger partial charge in [0.2, 0.25) is 15.9 Å². The van der Waals surface area contributed by atoms with Gasteiger partial charge in [-0.3, -0.25) is 4.79 Å². The Morgan fingerprint density at radius 3 is 2.15 bits per heavy atom. The summed E-state index contributed by atoms with van der Waals surface area (Å²) < 4.78 is 26.4. The number of nitrogens with two attached hydrogens (primary N) is 1. The van der Waals surface area contributed by atoms with Gasteiger partial charge < -0.3 is 5.73 Å². The van der Waals surface area contributed by atoms with E-state index in [-0.39, 0.29) is 33.9 Å². The zero-order valence-corrected chi connectivity index (χ0v) is 12.9. The zero-order chi connectivity index (χ0) is 14.9. The molecule has 1 aliphatic rings. The number of hydrogen-bond donors (Lipinski definition) is 1. The van der Waals surface area contributed by atoms with Crippen LogP contribution >= 0.6 is 23.2 Å². The summed E-state index contributed by atoms with van der Waals surface area (Å²) in [5.74, 6) is -0.666. The van der Waals surface area contributed by atoms with Gasteiger partial charge in [0, 0.05) is 19.0 Å². The van der Waals surface area contributed by atoms with Gasteiger partial charge in [-0.1, -0.05) is 29.3 Å². The van der Waals surface area contributed by atoms with Crippen molar-refractivity contribution in [1.82, 2.24) is 4.31 Å². The monoisotopic (exact) mass is 336 g/mol. The third-order valence-electron chi connectivity index (χ3n) is 3.37. The smallest absolute Gasteiger partial charge is 0.246 e. The van der Waals surface area contributed by atoms with E-state index in [4.69, 9.17) is 28.9 Å². The van der Waals surface area contributed by atoms with Crippen LogP contribution in [0.15, 0.2) is 23.1 Å². The number of piperidine rings is 1. The Kier molecular flexibility index (Phi) is 4.59. The molecule has 1 aliphatic heterocycles. The fourth-order valence-electron chi connectivity index (χ4n) is 2.24. The highest BCUT2D eigenvalue weighted by Crippen LogP contribution is 2.33. The number of rotatable bonds is 3. The van der Waals surface area contributed by atoms with Gasteiger partial charge in [0.05, 0.1) is 10.0 Å². The lowest BCUT2D eigenvalue weighted by atomic mass is 9.98. The Labute approximate surface area is 127 Å². The van der Waals surface area contributed by atoms with Crippen LogP contribution < -0.4 is 5.73 Å². The van der Waals surface area contributed by atoms with Crippen molar-refractivity contribution in [3.05, 3.63) is 28.2 Å². The Bertz CT molecular complexity index is 605. The van der Waals surface area contributed by atoms with Crippen molar-refractivity contribution in [3.8, 4) is 0 Å². The molecule has 0 atom stereocenters. The molecule has 0 saturated carbocycles. The predicted octanol–water partition coefficient (Wildman–Crippen LogP) is 1.88. The first-order chi connectivity index (χ1) is 9.34. The van der Waals surface area contributed by atoms with Crippen molar-refractivity contribution in [2.75, 3.05) is 13.1 Å². The summed E-state index contributed by atoms with van der Waals surface area (Å²) in [6.45, 7) is 0.467. The van der Waals surface area contributed by atoms with Crippen molar-refractivity contribution < 1.29 is 13.2 Å². The second-order valence-corrected chi connectivity index (χ2v) is 7.32. The summed E-state index contributed by atoms with van der Waals surface area (Å²) in [6, 6.07) is 4.55. The molecule has 0 spiro atoms. The molecule has 20 heavy (non-hydrogen) atoms. The number of amides is 1. The number of carbonyl (C=O) groups is 1. The first-order valence-electron chi connectivity index (χ1n) is 6.07. The van der Waals surface area contributed by atoms with Crippen molar-refractivity contribution in [2.45, 2.75) is 17.7 Å². The van der Waals surface area contributed by atoms with E-state index in [1.54, 1.807) is 6.07 Å². The predicted molar refractivity (Wildman–Crippen MR) is 77.1 cm³/mol. The average molecular weight is 337 g/mol. The molecule has 0 bridgehead atoms. The summed E-state index contributed by atoms with van der Waals surface area (Å²) >= 11 is 11.9. The lowest BCUT2D eigenvalue weighted by molar-refractivity contribution is -0.122. The summed E-state index contributed by atoms with van der Waals surface area (Å²) in [5.41, 5.74) is 5.23. The molecule has 1 aromatic carbocycles. The van der Waals surface area contributed by atoms with Crippen LogP contribution in [-0.2, 0) is 14.8 Å². The summed E-state index contributed by atoms with van der Waals surface area (Å²) in [4.78, 5) is 11.0. The SMILES string of the molecule is NC(=O)C1CCN(S(=O)(=O)c2c(Cl)cccc2Cl)CC1. The molecule has 1 fully saturated rings. The molecule has 1 saturated heterocycles. The number of hydrogen-bond acceptors (Lipinski definition) is 3. The fraction of sp³-hybridized carbons (Fsp3) is 0.417. The van der Waals surface area contributed by atoms with Crippen LogP contribution in [-0.4, -0.2) is 31.7 Å². The van der Waals surface area contributed by atoms with Crippen LogP contribution in [0.2, 0.25) is 10.0 Å². The third kappa shape index (κ3) is 2.93. The minimum Gasteiger partial charge on any atom is -0.369 e. The van der Waals surface area contributed by atoms with Gasteiger partial charge in [0.1, 0.15) is 4.90 Å². The number of sulfonamides is 1. The highest BCUT2D eigenvalue weighted by atomic mass is 35.5. The standard InChI is InChI=1S/C12H14Cl2N2O3S/c13-9-2-1-3-10(14)11(9)20(18,19)16-6-4-8(5-7-16)12(15)17/h1-3,8H,4-7H2,(H2,15,17). The molecule has 1 amide bonds. The average Bonchev–Trinajstić information content (AvgIpc) is 2.38. The quantitative estimate of drug-likeness (QED) is 0.914. The summed E-state index contributed by atoms with van der Waals surface area (Å²) in [7, 11) is -3.76. The van der Waals surface area contributed by atoms with E-state index >= 15 is 0 Å². The van der Waals surface area contributed by atoms with E-state index in [0.29, 0.717) is 12.8 Å². The molecule has 0 radical (unpaired) electrons. The van der Waals surface area contributed by atoms with Crippen LogP contribution in [0, 0.1) is 5.92 Å². The number of carbonyl (C=O) groups excluding carboxylic acids is 1. The van der Waals surface area contributed by atoms with Gasteiger partial charge >= 0.3 is 0 Å². The van der Waals surface area contributed by atoms with Gasteiger partial charge in [0.25, 0.3) is 0 Å². The molecule has 1 aromatic rings. The lowest BCUT2D eigenvalue weighted by Crippen LogP contribution is -2.41. The number of primary amides is 1. The first-order valence-corrected chi connectivity index (χ1v) is 8.27. The van der Waals surface area contributed by atoms with Crippen molar-refractivity contribution >= 4 is 39.1 Å². The normalized spacial score (nSPS) is 18.1. The lowest BCUT2D eigenvalue weighted by Gasteiger charge is -2.30. The minimum atomic E-state index is -3.76. The molecule has 1 heterocycles. The number of halogens is 2. The number of benzene rings is 1. The van der Waals surface area contributed by atoms with Gasteiger partial charge in [-0.2, -0.15) is 4.31 Å². The van der Waals surface area contributed by atoms with E-state index < -0.39 is 15.9 Å². The maximum Gasteiger partial charge on any atom is 0.246 e. The molecule has 2 N–H and O–H groups in total. The Balaban J connectivity index is 2.27. The Morgan fingerprint density at radius 2 is 1.70 bits per heavy atom. The zero-order valence-electron chi connectivity index (χ0n) is 10.6. The van der Waals surface area contributed by atoms with Crippen LogP contribution in [0.25, 0.3) is 0 Å². The van der Waals surface area contributed by atoms with Crippen molar-refractivity contribution in [3.63, 3.8) is 0 Å². The van der Waals surface area contributed by atoms with Crippen molar-refractivity contribution in [2.24, 2.45) is 11.7 Å². The molecule has 8 heteroatoms. The van der Waals surface area contributed by atoms with Gasteiger partial charge in [-0.15, -0.1) is 0 Å². The van der Waals surface area contributed by atoms with E-state index in [2.05, 4.69) is 0 Å². The first kappa shape index (κ1) is 15.6. The minimum absolute atomic E-state index is 0.0825. The molecule has 0 aliphatic carbocycles. The van der Waals surface area contributed by atoms with E-state index in [9.17, 15) is 13.2 Å². The topological polar surface area (TPSA) is 80.5 Å². The van der Waals surface area contributed by atoms with E-state index in [1.165, 1.54) is 16.4 Å². The number of nitrogens with zero attached hydrogens (tertiary/aromatic N) is 1. The van der Waals surface area contributed by atoms with Crippen LogP contribution in [0.3, 0.4) is 0 Å². The molecule has 0 unspecified atom stereocenters. The molecular weight excluding hydrogens is 323 g/mol. The Morgan fingerprint density at radius 1 is 1.20 bits per heavy atom. The summed E-state index contributed by atoms with van der Waals surface area (Å²) in [6.07, 6.45) is 0.827. The van der Waals surface area contributed by atoms with Gasteiger partial charge in [0.15, 0.2) is 0 Å². The molecular formula is C12H14Cl2N2O3S. The molecule has 110 valence electrons. The van der Waals surface area contributed by atoms with Crippen LogP contribution in [0.5, 0.6) is 0 Å². The molecule has 5 nitrogen and oxygen atoms in total. The second-order valence-electron chi connectivity index (χ2n) is 4.63.